The standard InChI is InChI=1S/C19H25N5O/c1-24-19(22-18(23-24)15-7-9-20-10-8-15)21-17(25)12-13-5-6-14-3-2-4-16(14)11-13/h5-6,11,15,20H,2-4,7-10,12H2,1H3,(H,21,22,23,25). The van der Waals surface area contributed by atoms with E-state index in [0.29, 0.717) is 18.3 Å². The van der Waals surface area contributed by atoms with Crippen molar-refractivity contribution in [1.29, 1.82) is 0 Å². The van der Waals surface area contributed by atoms with E-state index in [1.54, 1.807) is 4.68 Å². The Morgan fingerprint density at radius 1 is 1.28 bits per heavy atom. The molecular weight excluding hydrogens is 314 g/mol. The minimum atomic E-state index is -0.0368. The summed E-state index contributed by atoms with van der Waals surface area (Å²) in [4.78, 5) is 17.0. The van der Waals surface area contributed by atoms with E-state index in [0.717, 1.165) is 43.7 Å². The number of nitrogens with one attached hydrogen (secondary N) is 2. The van der Waals surface area contributed by atoms with Crippen molar-refractivity contribution in [2.75, 3.05) is 18.4 Å². The lowest BCUT2D eigenvalue weighted by atomic mass is 9.98. The summed E-state index contributed by atoms with van der Waals surface area (Å²) in [5, 5.41) is 10.8. The van der Waals surface area contributed by atoms with E-state index >= 15 is 0 Å². The zero-order valence-electron chi connectivity index (χ0n) is 14.7. The molecule has 2 aliphatic rings. The summed E-state index contributed by atoms with van der Waals surface area (Å²) >= 11 is 0. The summed E-state index contributed by atoms with van der Waals surface area (Å²) in [6.45, 7) is 2.01. The van der Waals surface area contributed by atoms with Gasteiger partial charge in [0, 0.05) is 13.0 Å². The van der Waals surface area contributed by atoms with Crippen LogP contribution in [0.1, 0.15) is 47.7 Å². The van der Waals surface area contributed by atoms with Gasteiger partial charge in [0.05, 0.1) is 6.42 Å². The van der Waals surface area contributed by atoms with Gasteiger partial charge in [-0.1, -0.05) is 18.2 Å². The predicted molar refractivity (Wildman–Crippen MR) is 96.6 cm³/mol. The summed E-state index contributed by atoms with van der Waals surface area (Å²) in [6, 6.07) is 6.42. The molecule has 2 heterocycles. The second kappa shape index (κ2) is 6.96. The topological polar surface area (TPSA) is 71.8 Å². The smallest absolute Gasteiger partial charge is 0.231 e. The summed E-state index contributed by atoms with van der Waals surface area (Å²) < 4.78 is 1.68. The minimum Gasteiger partial charge on any atom is -0.317 e. The van der Waals surface area contributed by atoms with Gasteiger partial charge >= 0.3 is 0 Å². The highest BCUT2D eigenvalue weighted by Crippen LogP contribution is 2.24. The normalized spacial score (nSPS) is 17.5. The highest BCUT2D eigenvalue weighted by atomic mass is 16.1. The van der Waals surface area contributed by atoms with Crippen LogP contribution in [0.15, 0.2) is 18.2 Å². The van der Waals surface area contributed by atoms with Crippen molar-refractivity contribution in [1.82, 2.24) is 20.1 Å². The molecule has 0 unspecified atom stereocenters. The molecule has 1 aliphatic carbocycles. The van der Waals surface area contributed by atoms with Crippen LogP contribution in [0.4, 0.5) is 5.95 Å². The molecule has 4 rings (SSSR count). The Labute approximate surface area is 148 Å². The van der Waals surface area contributed by atoms with Gasteiger partial charge in [0.15, 0.2) is 5.82 Å². The number of carbonyl (C=O) groups is 1. The maximum atomic E-state index is 12.4. The van der Waals surface area contributed by atoms with Gasteiger partial charge in [0.25, 0.3) is 0 Å². The number of carbonyl (C=O) groups excluding carboxylic acids is 1. The van der Waals surface area contributed by atoms with E-state index in [1.807, 2.05) is 7.05 Å². The molecule has 0 bridgehead atoms. The first-order valence-corrected chi connectivity index (χ1v) is 9.21. The maximum Gasteiger partial charge on any atom is 0.231 e. The van der Waals surface area contributed by atoms with Crippen LogP contribution in [0, 0.1) is 0 Å². The van der Waals surface area contributed by atoms with Gasteiger partial charge in [0.1, 0.15) is 0 Å². The lowest BCUT2D eigenvalue weighted by molar-refractivity contribution is -0.115. The number of fused-ring (bicyclic) bond motifs is 1. The molecule has 1 amide bonds. The highest BCUT2D eigenvalue weighted by molar-refractivity contribution is 5.90. The van der Waals surface area contributed by atoms with E-state index in [1.165, 1.54) is 24.0 Å². The summed E-state index contributed by atoms with van der Waals surface area (Å²) in [5.41, 5.74) is 3.90. The van der Waals surface area contributed by atoms with Crippen LogP contribution in [0.2, 0.25) is 0 Å². The molecule has 2 N–H and O–H groups in total. The number of aromatic nitrogens is 3. The molecule has 0 radical (unpaired) electrons. The molecule has 1 saturated heterocycles. The van der Waals surface area contributed by atoms with Gasteiger partial charge < -0.3 is 5.32 Å². The molecule has 1 aromatic heterocycles. The largest absolute Gasteiger partial charge is 0.317 e. The van der Waals surface area contributed by atoms with E-state index in [4.69, 9.17) is 0 Å². The van der Waals surface area contributed by atoms with Crippen LogP contribution in [0.25, 0.3) is 0 Å². The minimum absolute atomic E-state index is 0.0368. The fourth-order valence-electron chi connectivity index (χ4n) is 3.86. The first-order valence-electron chi connectivity index (χ1n) is 9.21. The molecule has 1 aromatic carbocycles. The van der Waals surface area contributed by atoms with Crippen molar-refractivity contribution in [2.24, 2.45) is 7.05 Å². The van der Waals surface area contributed by atoms with Crippen LogP contribution in [-0.2, 0) is 31.1 Å². The van der Waals surface area contributed by atoms with Crippen molar-refractivity contribution in [3.05, 3.63) is 40.7 Å². The molecule has 1 fully saturated rings. The van der Waals surface area contributed by atoms with E-state index in [9.17, 15) is 4.79 Å². The monoisotopic (exact) mass is 339 g/mol. The lowest BCUT2D eigenvalue weighted by Gasteiger charge is -2.19. The number of rotatable bonds is 4. The SMILES string of the molecule is Cn1nc(C2CCNCC2)nc1NC(=O)Cc1ccc2c(c1)CCC2. The summed E-state index contributed by atoms with van der Waals surface area (Å²) in [6.07, 6.45) is 6.00. The number of amides is 1. The van der Waals surface area contributed by atoms with Crippen LogP contribution < -0.4 is 10.6 Å². The number of nitrogens with zero attached hydrogens (tertiary/aromatic N) is 3. The Balaban J connectivity index is 1.41. The Hall–Kier alpha value is -2.21. The van der Waals surface area contributed by atoms with Gasteiger partial charge in [0.2, 0.25) is 11.9 Å². The van der Waals surface area contributed by atoms with E-state index in [-0.39, 0.29) is 5.91 Å². The predicted octanol–water partition coefficient (Wildman–Crippen LogP) is 1.95. The highest BCUT2D eigenvalue weighted by Gasteiger charge is 2.21. The maximum absolute atomic E-state index is 12.4. The first-order chi connectivity index (χ1) is 12.2. The fourth-order valence-corrected chi connectivity index (χ4v) is 3.86. The molecule has 1 aliphatic heterocycles. The Kier molecular flexibility index (Phi) is 4.53. The fraction of sp³-hybridized carbons (Fsp3) is 0.526. The van der Waals surface area contributed by atoms with Crippen molar-refractivity contribution in [3.63, 3.8) is 0 Å². The van der Waals surface area contributed by atoms with Gasteiger partial charge in [-0.2, -0.15) is 10.1 Å². The number of hydrogen-bond acceptors (Lipinski definition) is 4. The van der Waals surface area contributed by atoms with Crippen molar-refractivity contribution in [2.45, 2.75) is 44.4 Å². The molecule has 0 saturated carbocycles. The number of piperidine rings is 1. The molecular formula is C19H25N5O. The number of aryl methyl sites for hydroxylation is 3. The number of anilines is 1. The molecule has 0 spiro atoms. The number of hydrogen-bond donors (Lipinski definition) is 2. The average Bonchev–Trinajstić information content (AvgIpc) is 3.22. The number of benzene rings is 1. The third-order valence-electron chi connectivity index (χ3n) is 5.26. The molecule has 25 heavy (non-hydrogen) atoms. The quantitative estimate of drug-likeness (QED) is 0.893. The first kappa shape index (κ1) is 16.3. The summed E-state index contributed by atoms with van der Waals surface area (Å²) in [5.74, 6) is 1.73. The zero-order valence-corrected chi connectivity index (χ0v) is 14.7. The van der Waals surface area contributed by atoms with E-state index in [2.05, 4.69) is 38.9 Å². The van der Waals surface area contributed by atoms with Crippen molar-refractivity contribution in [3.8, 4) is 0 Å². The second-order valence-corrected chi connectivity index (χ2v) is 7.12. The third-order valence-corrected chi connectivity index (χ3v) is 5.26. The van der Waals surface area contributed by atoms with Gasteiger partial charge in [-0.3, -0.25) is 10.1 Å². The molecule has 6 nitrogen and oxygen atoms in total. The molecule has 132 valence electrons. The molecule has 2 aromatic rings. The van der Waals surface area contributed by atoms with Crippen molar-refractivity contribution >= 4 is 11.9 Å². The Morgan fingerprint density at radius 2 is 2.08 bits per heavy atom. The average molecular weight is 339 g/mol. The van der Waals surface area contributed by atoms with E-state index < -0.39 is 0 Å². The van der Waals surface area contributed by atoms with Crippen LogP contribution in [-0.4, -0.2) is 33.8 Å². The van der Waals surface area contributed by atoms with Gasteiger partial charge in [-0.05, 0) is 61.9 Å². The molecule has 0 atom stereocenters. The Bertz CT molecular complexity index is 776. The van der Waals surface area contributed by atoms with Crippen molar-refractivity contribution < 1.29 is 4.79 Å². The van der Waals surface area contributed by atoms with Gasteiger partial charge in [-0.25, -0.2) is 4.68 Å². The van der Waals surface area contributed by atoms with Crippen LogP contribution >= 0.6 is 0 Å². The molecule has 6 heteroatoms. The zero-order chi connectivity index (χ0) is 17.2. The van der Waals surface area contributed by atoms with Crippen LogP contribution in [0.3, 0.4) is 0 Å². The van der Waals surface area contributed by atoms with Gasteiger partial charge in [-0.15, -0.1) is 0 Å². The second-order valence-electron chi connectivity index (χ2n) is 7.12. The third kappa shape index (κ3) is 3.58. The lowest BCUT2D eigenvalue weighted by Crippen LogP contribution is -2.27. The summed E-state index contributed by atoms with van der Waals surface area (Å²) in [7, 11) is 1.84. The Morgan fingerprint density at radius 3 is 2.92 bits per heavy atom. The van der Waals surface area contributed by atoms with Crippen LogP contribution in [0.5, 0.6) is 0 Å².